The Morgan fingerprint density at radius 3 is 2.14 bits per heavy atom. The Bertz CT molecular complexity index is 384. The summed E-state index contributed by atoms with van der Waals surface area (Å²) in [4.78, 5) is 26.4. The molecule has 0 aromatic rings. The van der Waals surface area contributed by atoms with E-state index in [0.717, 1.165) is 25.7 Å². The first kappa shape index (κ1) is 17.8. The lowest BCUT2D eigenvalue weighted by atomic mass is 10.0. The number of hydrogen-bond donors (Lipinski definition) is 2. The van der Waals surface area contributed by atoms with Gasteiger partial charge in [-0.2, -0.15) is 0 Å². The van der Waals surface area contributed by atoms with Gasteiger partial charge in [0.15, 0.2) is 0 Å². The highest BCUT2D eigenvalue weighted by molar-refractivity contribution is 5.76. The van der Waals surface area contributed by atoms with Crippen molar-refractivity contribution >= 4 is 12.0 Å². The molecule has 1 aliphatic rings. The summed E-state index contributed by atoms with van der Waals surface area (Å²) in [7, 11) is 1.66. The van der Waals surface area contributed by atoms with Gasteiger partial charge < -0.3 is 20.0 Å². The summed E-state index contributed by atoms with van der Waals surface area (Å²) in [5.41, 5.74) is -1.25. The average Bonchev–Trinajstić information content (AvgIpc) is 2.73. The van der Waals surface area contributed by atoms with Gasteiger partial charge in [0, 0.05) is 19.1 Å². The molecule has 0 aromatic heterocycles. The van der Waals surface area contributed by atoms with Crippen LogP contribution >= 0.6 is 0 Å². The number of nitrogens with zero attached hydrogens (tertiary/aromatic N) is 2. The normalized spacial score (nSPS) is 17.6. The third kappa shape index (κ3) is 5.19. The van der Waals surface area contributed by atoms with E-state index in [4.69, 9.17) is 5.11 Å². The van der Waals surface area contributed by atoms with Gasteiger partial charge in [0.1, 0.15) is 0 Å². The van der Waals surface area contributed by atoms with Crippen LogP contribution in [0.1, 0.15) is 52.9 Å². The lowest BCUT2D eigenvalue weighted by Crippen LogP contribution is -2.54. The molecular formula is C15H28N2O4. The minimum atomic E-state index is -0.922. The van der Waals surface area contributed by atoms with Crippen molar-refractivity contribution in [3.63, 3.8) is 0 Å². The Labute approximate surface area is 126 Å². The summed E-state index contributed by atoms with van der Waals surface area (Å²) in [6.45, 7) is 6.10. The lowest BCUT2D eigenvalue weighted by Gasteiger charge is -2.39. The number of urea groups is 1. The van der Waals surface area contributed by atoms with Crippen molar-refractivity contribution in [2.45, 2.75) is 64.0 Å². The second-order valence-corrected chi connectivity index (χ2v) is 7.04. The molecule has 0 radical (unpaired) electrons. The van der Waals surface area contributed by atoms with Crippen LogP contribution in [0.3, 0.4) is 0 Å². The van der Waals surface area contributed by atoms with Crippen molar-refractivity contribution in [3.05, 3.63) is 0 Å². The number of likely N-dealkylation sites (N-methyl/N-ethyl adjacent to an activating group) is 1. The summed E-state index contributed by atoms with van der Waals surface area (Å²) in [6, 6.07) is -0.232. The number of carboxylic acids is 1. The molecule has 2 N–H and O–H groups in total. The molecule has 0 saturated heterocycles. The van der Waals surface area contributed by atoms with E-state index in [0.29, 0.717) is 6.54 Å². The van der Waals surface area contributed by atoms with Crippen LogP contribution in [0.25, 0.3) is 0 Å². The molecule has 0 spiro atoms. The molecule has 1 saturated carbocycles. The highest BCUT2D eigenvalue weighted by atomic mass is 16.4. The van der Waals surface area contributed by atoms with E-state index in [-0.39, 0.29) is 19.0 Å². The Hall–Kier alpha value is -1.30. The monoisotopic (exact) mass is 300 g/mol. The topological polar surface area (TPSA) is 81.1 Å². The third-order valence-electron chi connectivity index (χ3n) is 3.98. The minimum absolute atomic E-state index is 0.0822. The van der Waals surface area contributed by atoms with Crippen molar-refractivity contribution in [3.8, 4) is 0 Å². The number of amides is 2. The fraction of sp³-hybridized carbons (Fsp3) is 0.867. The van der Waals surface area contributed by atoms with Crippen LogP contribution in [0.5, 0.6) is 0 Å². The number of hydrogen-bond acceptors (Lipinski definition) is 3. The van der Waals surface area contributed by atoms with Gasteiger partial charge in [-0.25, -0.2) is 4.79 Å². The highest BCUT2D eigenvalue weighted by Crippen LogP contribution is 2.30. The number of carboxylic acid groups (broad SMARTS) is 1. The minimum Gasteiger partial charge on any atom is -0.481 e. The van der Waals surface area contributed by atoms with E-state index >= 15 is 0 Å². The van der Waals surface area contributed by atoms with E-state index in [1.165, 1.54) is 4.90 Å². The number of aliphatic hydroxyl groups is 1. The molecule has 1 aliphatic carbocycles. The molecule has 6 heteroatoms. The Morgan fingerprint density at radius 2 is 1.71 bits per heavy atom. The van der Waals surface area contributed by atoms with Crippen LogP contribution in [-0.4, -0.2) is 63.3 Å². The predicted octanol–water partition coefficient (Wildman–Crippen LogP) is 1.92. The summed E-state index contributed by atoms with van der Waals surface area (Å²) in [6.07, 6.45) is 3.33. The zero-order valence-corrected chi connectivity index (χ0v) is 13.6. The molecule has 0 unspecified atom stereocenters. The van der Waals surface area contributed by atoms with Crippen molar-refractivity contribution < 1.29 is 19.8 Å². The van der Waals surface area contributed by atoms with Gasteiger partial charge >= 0.3 is 12.0 Å². The zero-order valence-electron chi connectivity index (χ0n) is 13.6. The third-order valence-corrected chi connectivity index (χ3v) is 3.98. The fourth-order valence-electron chi connectivity index (χ4n) is 2.83. The summed E-state index contributed by atoms with van der Waals surface area (Å²) >= 11 is 0. The maximum absolute atomic E-state index is 12.6. The van der Waals surface area contributed by atoms with E-state index in [1.54, 1.807) is 11.9 Å². The summed E-state index contributed by atoms with van der Waals surface area (Å²) in [5.74, 6) is -0.922. The van der Waals surface area contributed by atoms with Gasteiger partial charge in [-0.15, -0.1) is 0 Å². The smallest absolute Gasteiger partial charge is 0.320 e. The fourth-order valence-corrected chi connectivity index (χ4v) is 2.83. The maximum Gasteiger partial charge on any atom is 0.320 e. The summed E-state index contributed by atoms with van der Waals surface area (Å²) in [5, 5.41) is 19.2. The van der Waals surface area contributed by atoms with Gasteiger partial charge in [-0.1, -0.05) is 12.8 Å². The van der Waals surface area contributed by atoms with Crippen molar-refractivity contribution in [1.29, 1.82) is 0 Å². The molecular weight excluding hydrogens is 272 g/mol. The number of rotatable bonds is 5. The molecule has 0 aromatic carbocycles. The number of carbonyl (C=O) groups is 2. The first-order valence-electron chi connectivity index (χ1n) is 7.52. The molecule has 122 valence electrons. The first-order chi connectivity index (χ1) is 9.55. The maximum atomic E-state index is 12.6. The van der Waals surface area contributed by atoms with Crippen molar-refractivity contribution in [2.75, 3.05) is 20.1 Å². The van der Waals surface area contributed by atoms with Gasteiger partial charge in [-0.3, -0.25) is 4.79 Å². The number of aliphatic carboxylic acids is 1. The van der Waals surface area contributed by atoms with E-state index in [9.17, 15) is 14.7 Å². The first-order valence-corrected chi connectivity index (χ1v) is 7.52. The zero-order chi connectivity index (χ0) is 16.3. The van der Waals surface area contributed by atoms with E-state index in [1.807, 2.05) is 20.8 Å². The molecule has 1 fully saturated rings. The second kappa shape index (κ2) is 6.64. The predicted molar refractivity (Wildman–Crippen MR) is 80.2 cm³/mol. The Kier molecular flexibility index (Phi) is 5.61. The van der Waals surface area contributed by atoms with Crippen LogP contribution in [0.2, 0.25) is 0 Å². The second-order valence-electron chi connectivity index (χ2n) is 7.04. The molecule has 6 nitrogen and oxygen atoms in total. The van der Waals surface area contributed by atoms with Gasteiger partial charge in [0.2, 0.25) is 0 Å². The van der Waals surface area contributed by atoms with Crippen LogP contribution in [0.15, 0.2) is 0 Å². The molecule has 2 amide bonds. The lowest BCUT2D eigenvalue weighted by molar-refractivity contribution is -0.137. The Morgan fingerprint density at radius 1 is 1.19 bits per heavy atom. The van der Waals surface area contributed by atoms with Crippen LogP contribution in [0.4, 0.5) is 4.79 Å². The largest absolute Gasteiger partial charge is 0.481 e. The van der Waals surface area contributed by atoms with Gasteiger partial charge in [-0.05, 0) is 33.6 Å². The van der Waals surface area contributed by atoms with Crippen molar-refractivity contribution in [2.24, 2.45) is 0 Å². The van der Waals surface area contributed by atoms with Crippen LogP contribution in [0, 0.1) is 0 Å². The highest BCUT2D eigenvalue weighted by Gasteiger charge is 2.36. The van der Waals surface area contributed by atoms with E-state index < -0.39 is 17.1 Å². The van der Waals surface area contributed by atoms with Crippen molar-refractivity contribution in [1.82, 2.24) is 9.80 Å². The van der Waals surface area contributed by atoms with Gasteiger partial charge in [0.25, 0.3) is 0 Å². The molecule has 21 heavy (non-hydrogen) atoms. The Balaban J connectivity index is 2.72. The quantitative estimate of drug-likeness (QED) is 0.813. The van der Waals surface area contributed by atoms with Crippen LogP contribution < -0.4 is 0 Å². The molecule has 0 bridgehead atoms. The standard InChI is InChI=1S/C15H28N2O4/c1-14(2,3)17(10-7-12(18)19)13(20)16(4)11-15(21)8-5-6-9-15/h21H,5-11H2,1-4H3,(H,18,19). The van der Waals surface area contributed by atoms with Crippen LogP contribution in [-0.2, 0) is 4.79 Å². The van der Waals surface area contributed by atoms with E-state index in [2.05, 4.69) is 0 Å². The molecule has 0 heterocycles. The van der Waals surface area contributed by atoms with Gasteiger partial charge in [0.05, 0.1) is 18.6 Å². The molecule has 0 aliphatic heterocycles. The molecule has 0 atom stereocenters. The molecule has 1 rings (SSSR count). The SMILES string of the molecule is CN(CC1(O)CCCC1)C(=O)N(CCC(=O)O)C(C)(C)C. The number of carbonyl (C=O) groups excluding carboxylic acids is 1. The average molecular weight is 300 g/mol. The summed E-state index contributed by atoms with van der Waals surface area (Å²) < 4.78 is 0.